The number of aliphatic carboxylic acids is 1. The fourth-order valence-corrected chi connectivity index (χ4v) is 5.83. The third-order valence-corrected chi connectivity index (χ3v) is 9.02. The average Bonchev–Trinajstić information content (AvgIpc) is 3.63. The molecule has 1 aliphatic heterocycles. The Kier molecular flexibility index (Phi) is 48.2. The standard InChI is InChI=1S/C44H84O17.Na/c1-4-6-7-8-9-10-11-12-13-14-44(3)60-39-42(61-44)38-58-37-41(36-56-15-5-2)59-35-34-55-31-30-53-27-26-51-23-22-49-19-18-47-16-17-48-20-21-50-24-25-52-28-29-54-32-33-57-40-43(45)46;/h5,41-42H,2,4,6-40H2,1,3H3,(H,45,46);/q;+1/p-1. The molecule has 62 heavy (non-hydrogen) atoms. The largest absolute Gasteiger partial charge is 1.00 e. The first kappa shape index (κ1) is 61.6. The van der Waals surface area contributed by atoms with Crippen molar-refractivity contribution in [3.05, 3.63) is 12.7 Å². The molecule has 0 amide bonds. The normalized spacial score (nSPS) is 16.8. The second-order valence-electron chi connectivity index (χ2n) is 14.6. The van der Waals surface area contributed by atoms with Gasteiger partial charge in [-0.05, 0) is 13.3 Å². The summed E-state index contributed by atoms with van der Waals surface area (Å²) >= 11 is 0. The van der Waals surface area contributed by atoms with Crippen LogP contribution in [0, 0.1) is 0 Å². The monoisotopic (exact) mass is 907 g/mol. The first-order valence-corrected chi connectivity index (χ1v) is 22.7. The Hall–Kier alpha value is -0.390. The number of ether oxygens (including phenoxy) is 15. The molecule has 3 atom stereocenters. The zero-order valence-corrected chi connectivity index (χ0v) is 40.8. The van der Waals surface area contributed by atoms with E-state index in [4.69, 9.17) is 71.1 Å². The van der Waals surface area contributed by atoms with Crippen LogP contribution in [0.15, 0.2) is 12.7 Å². The predicted octanol–water partition coefficient (Wildman–Crippen LogP) is 0.563. The molecule has 1 fully saturated rings. The summed E-state index contributed by atoms with van der Waals surface area (Å²) in [6.45, 7) is 18.5. The van der Waals surface area contributed by atoms with Gasteiger partial charge in [0.15, 0.2) is 5.79 Å². The van der Waals surface area contributed by atoms with Crippen LogP contribution < -0.4 is 34.7 Å². The van der Waals surface area contributed by atoms with Gasteiger partial charge < -0.3 is 81.0 Å². The third kappa shape index (κ3) is 43.5. The van der Waals surface area contributed by atoms with Crippen molar-refractivity contribution < 1.29 is 111 Å². The summed E-state index contributed by atoms with van der Waals surface area (Å²) in [7, 11) is 0. The Bertz CT molecular complexity index is 942. The number of carboxylic acid groups (broad SMARTS) is 1. The van der Waals surface area contributed by atoms with Crippen molar-refractivity contribution >= 4 is 5.97 Å². The predicted molar refractivity (Wildman–Crippen MR) is 226 cm³/mol. The first-order valence-electron chi connectivity index (χ1n) is 22.7. The minimum absolute atomic E-state index is 0. The van der Waals surface area contributed by atoms with E-state index >= 15 is 0 Å². The Labute approximate surface area is 395 Å². The minimum atomic E-state index is -1.25. The van der Waals surface area contributed by atoms with Gasteiger partial charge in [0, 0.05) is 6.42 Å². The molecule has 3 unspecified atom stereocenters. The van der Waals surface area contributed by atoms with Crippen LogP contribution >= 0.6 is 0 Å². The van der Waals surface area contributed by atoms with Crippen molar-refractivity contribution in [2.75, 3.05) is 172 Å². The van der Waals surface area contributed by atoms with Crippen LogP contribution in [-0.4, -0.2) is 196 Å². The minimum Gasteiger partial charge on any atom is -0.548 e. The Balaban J connectivity index is 0.0000372. The fourth-order valence-electron chi connectivity index (χ4n) is 5.83. The summed E-state index contributed by atoms with van der Waals surface area (Å²) in [6.07, 6.45) is 14.0. The van der Waals surface area contributed by atoms with Gasteiger partial charge in [-0.25, -0.2) is 0 Å². The summed E-state index contributed by atoms with van der Waals surface area (Å²) in [6, 6.07) is 0. The molecule has 0 aromatic rings. The molecule has 0 N–H and O–H groups in total. The van der Waals surface area contributed by atoms with Gasteiger partial charge in [0.1, 0.15) is 12.2 Å². The Morgan fingerprint density at radius 1 is 0.597 bits per heavy atom. The third-order valence-electron chi connectivity index (χ3n) is 9.02. The number of carbonyl (C=O) groups is 1. The SMILES string of the molecule is C=CCOCC(COCC1COC(C)(CCCCCCCCCCC)O1)OCCOCCOCCOCCOCCOCCOCCOCCOCCOCCOCC(=O)[O-].[Na+]. The number of carboxylic acids is 1. The maximum Gasteiger partial charge on any atom is 1.00 e. The maximum atomic E-state index is 10.2. The molecule has 1 saturated heterocycles. The van der Waals surface area contributed by atoms with E-state index in [1.807, 2.05) is 6.92 Å². The van der Waals surface area contributed by atoms with Crippen molar-refractivity contribution in [1.82, 2.24) is 0 Å². The molecule has 1 rings (SSSR count). The molecule has 0 spiro atoms. The van der Waals surface area contributed by atoms with Crippen molar-refractivity contribution in [2.24, 2.45) is 0 Å². The van der Waals surface area contributed by atoms with E-state index in [9.17, 15) is 9.90 Å². The molecular formula is C44H83NaO17. The molecule has 1 heterocycles. The number of carbonyl (C=O) groups excluding carboxylic acids is 1. The van der Waals surface area contributed by atoms with Gasteiger partial charge in [0.05, 0.1) is 178 Å². The second-order valence-corrected chi connectivity index (χ2v) is 14.6. The summed E-state index contributed by atoms with van der Waals surface area (Å²) in [4.78, 5) is 10.2. The Morgan fingerprint density at radius 3 is 1.40 bits per heavy atom. The van der Waals surface area contributed by atoms with E-state index < -0.39 is 18.4 Å². The molecule has 0 bridgehead atoms. The molecule has 18 heteroatoms. The van der Waals surface area contributed by atoms with E-state index in [2.05, 4.69) is 13.5 Å². The molecule has 0 aromatic heterocycles. The van der Waals surface area contributed by atoms with Gasteiger partial charge in [0.2, 0.25) is 0 Å². The van der Waals surface area contributed by atoms with Gasteiger partial charge in [-0.2, -0.15) is 0 Å². The van der Waals surface area contributed by atoms with Crippen LogP contribution in [0.1, 0.15) is 78.1 Å². The number of rotatable bonds is 51. The van der Waals surface area contributed by atoms with Gasteiger partial charge in [0.25, 0.3) is 0 Å². The van der Waals surface area contributed by atoms with E-state index in [1.54, 1.807) is 6.08 Å². The van der Waals surface area contributed by atoms with Crippen LogP contribution in [0.2, 0.25) is 0 Å². The topological polar surface area (TPSA) is 179 Å². The number of hydrogen-bond donors (Lipinski definition) is 0. The molecule has 0 radical (unpaired) electrons. The maximum absolute atomic E-state index is 10.2. The molecule has 0 aromatic carbocycles. The van der Waals surface area contributed by atoms with Crippen LogP contribution in [0.3, 0.4) is 0 Å². The van der Waals surface area contributed by atoms with Crippen molar-refractivity contribution in [1.29, 1.82) is 0 Å². The quantitative estimate of drug-likeness (QED) is 0.0470. The van der Waals surface area contributed by atoms with E-state index in [0.717, 1.165) is 12.8 Å². The van der Waals surface area contributed by atoms with Crippen molar-refractivity contribution in [3.63, 3.8) is 0 Å². The van der Waals surface area contributed by atoms with Crippen LogP contribution in [0.4, 0.5) is 0 Å². The molecule has 17 nitrogen and oxygen atoms in total. The molecule has 1 aliphatic rings. The smallest absolute Gasteiger partial charge is 0.548 e. The summed E-state index contributed by atoms with van der Waals surface area (Å²) < 4.78 is 84.0. The van der Waals surface area contributed by atoms with E-state index in [-0.39, 0.29) is 48.4 Å². The van der Waals surface area contributed by atoms with Crippen LogP contribution in [0.5, 0.6) is 0 Å². The van der Waals surface area contributed by atoms with Crippen LogP contribution in [0.25, 0.3) is 0 Å². The van der Waals surface area contributed by atoms with Gasteiger partial charge in [-0.15, -0.1) is 6.58 Å². The zero-order valence-electron chi connectivity index (χ0n) is 38.8. The zero-order chi connectivity index (χ0) is 44.0. The molecule has 0 saturated carbocycles. The van der Waals surface area contributed by atoms with Crippen LogP contribution in [-0.2, 0) is 75.8 Å². The molecular weight excluding hydrogens is 823 g/mol. The van der Waals surface area contributed by atoms with Gasteiger partial charge >= 0.3 is 29.6 Å². The van der Waals surface area contributed by atoms with E-state index in [1.165, 1.54) is 51.4 Å². The van der Waals surface area contributed by atoms with Gasteiger partial charge in [-0.1, -0.05) is 64.4 Å². The van der Waals surface area contributed by atoms with Crippen molar-refractivity contribution in [3.8, 4) is 0 Å². The Morgan fingerprint density at radius 2 is 0.984 bits per heavy atom. The fraction of sp³-hybridized carbons (Fsp3) is 0.932. The molecule has 0 aliphatic carbocycles. The molecule has 362 valence electrons. The van der Waals surface area contributed by atoms with Crippen molar-refractivity contribution in [2.45, 2.75) is 96.1 Å². The second kappa shape index (κ2) is 48.5. The average molecular weight is 907 g/mol. The first-order chi connectivity index (χ1) is 30.0. The number of hydrogen-bond acceptors (Lipinski definition) is 17. The summed E-state index contributed by atoms with van der Waals surface area (Å²) in [5, 5.41) is 10.2. The van der Waals surface area contributed by atoms with E-state index in [0.29, 0.717) is 159 Å². The summed E-state index contributed by atoms with van der Waals surface area (Å²) in [5.74, 6) is -1.78. The summed E-state index contributed by atoms with van der Waals surface area (Å²) in [5.41, 5.74) is 0. The number of unbranched alkanes of at least 4 members (excludes halogenated alkanes) is 8. The van der Waals surface area contributed by atoms with Gasteiger partial charge in [-0.3, -0.25) is 0 Å².